The minimum atomic E-state index is -4.24. The van der Waals surface area contributed by atoms with Gasteiger partial charge < -0.3 is 23.8 Å². The third-order valence-corrected chi connectivity index (χ3v) is 9.60. The highest BCUT2D eigenvalue weighted by atomic mass is 32.2. The molecule has 2 aromatic carbocycles. The van der Waals surface area contributed by atoms with Gasteiger partial charge >= 0.3 is 6.09 Å². The summed E-state index contributed by atoms with van der Waals surface area (Å²) >= 11 is 0. The molecular weight excluding hydrogens is 592 g/mol. The van der Waals surface area contributed by atoms with Gasteiger partial charge in [0.25, 0.3) is 5.91 Å². The molecule has 0 saturated carbocycles. The number of fused-ring (bicyclic) bond motifs is 1. The summed E-state index contributed by atoms with van der Waals surface area (Å²) in [6.45, 7) is 0.616. The van der Waals surface area contributed by atoms with Crippen LogP contribution in [0, 0.1) is 5.92 Å². The molecule has 2 aliphatic rings. The van der Waals surface area contributed by atoms with E-state index in [2.05, 4.69) is 4.98 Å². The van der Waals surface area contributed by atoms with Crippen molar-refractivity contribution in [1.29, 1.82) is 0 Å². The van der Waals surface area contributed by atoms with E-state index in [1.165, 1.54) is 48.7 Å². The van der Waals surface area contributed by atoms with Crippen LogP contribution in [0.4, 0.5) is 4.79 Å². The number of hydrogen-bond donors (Lipinski definition) is 2. The number of nitrogens with one attached hydrogen (secondary N) is 1. The lowest BCUT2D eigenvalue weighted by Gasteiger charge is -2.39. The van der Waals surface area contributed by atoms with Crippen LogP contribution in [-0.4, -0.2) is 79.5 Å². The van der Waals surface area contributed by atoms with Crippen molar-refractivity contribution < 1.29 is 42.2 Å². The SMILES string of the molecule is COc1ccc(S(=O)(=O)N(Cc2ccncc2)[C@@H](C(=O)NO)C2CCN(C(=O)OCCc3cccc4c3OCO4)CC2)cc1. The predicted molar refractivity (Wildman–Crippen MR) is 156 cm³/mol. The summed E-state index contributed by atoms with van der Waals surface area (Å²) < 4.78 is 50.7. The van der Waals surface area contributed by atoms with Gasteiger partial charge in [-0.3, -0.25) is 15.0 Å². The first kappa shape index (κ1) is 31.0. The van der Waals surface area contributed by atoms with Crippen molar-refractivity contribution in [3.8, 4) is 17.2 Å². The molecule has 0 spiro atoms. The van der Waals surface area contributed by atoms with E-state index in [4.69, 9.17) is 18.9 Å². The number of carbonyl (C=O) groups excluding carboxylic acids is 2. The number of para-hydroxylation sites is 1. The van der Waals surface area contributed by atoms with Gasteiger partial charge in [0.2, 0.25) is 16.8 Å². The highest BCUT2D eigenvalue weighted by Crippen LogP contribution is 2.36. The molecular formula is C30H34N4O9S. The molecule has 1 saturated heterocycles. The largest absolute Gasteiger partial charge is 0.497 e. The molecule has 2 aliphatic heterocycles. The number of benzene rings is 2. The first-order valence-electron chi connectivity index (χ1n) is 14.1. The van der Waals surface area contributed by atoms with Crippen LogP contribution in [0.2, 0.25) is 0 Å². The molecule has 0 unspecified atom stereocenters. The van der Waals surface area contributed by atoms with Crippen LogP contribution in [0.3, 0.4) is 0 Å². The average Bonchev–Trinajstić information content (AvgIpc) is 3.55. The fourth-order valence-corrected chi connectivity index (χ4v) is 7.09. The number of methoxy groups -OCH3 is 1. The van der Waals surface area contributed by atoms with Gasteiger partial charge in [0.05, 0.1) is 18.6 Å². The molecule has 3 aromatic rings. The number of hydrogen-bond acceptors (Lipinski definition) is 10. The first-order chi connectivity index (χ1) is 21.3. The monoisotopic (exact) mass is 626 g/mol. The summed E-state index contributed by atoms with van der Waals surface area (Å²) in [5, 5.41) is 9.70. The first-order valence-corrected chi connectivity index (χ1v) is 15.5. The highest BCUT2D eigenvalue weighted by Gasteiger charge is 2.42. The molecule has 14 heteroatoms. The maximum Gasteiger partial charge on any atom is 0.409 e. The van der Waals surface area contributed by atoms with Crippen molar-refractivity contribution in [2.24, 2.45) is 5.92 Å². The van der Waals surface area contributed by atoms with E-state index in [9.17, 15) is 23.2 Å². The van der Waals surface area contributed by atoms with E-state index < -0.39 is 34.0 Å². The summed E-state index contributed by atoms with van der Waals surface area (Å²) in [5.74, 6) is 0.412. The number of nitrogens with zero attached hydrogens (tertiary/aromatic N) is 3. The van der Waals surface area contributed by atoms with Crippen LogP contribution >= 0.6 is 0 Å². The zero-order valence-electron chi connectivity index (χ0n) is 24.1. The van der Waals surface area contributed by atoms with Crippen molar-refractivity contribution in [2.45, 2.75) is 36.7 Å². The third kappa shape index (κ3) is 6.87. The molecule has 234 valence electrons. The molecule has 1 atom stereocenters. The molecule has 5 rings (SSSR count). The summed E-state index contributed by atoms with van der Waals surface area (Å²) in [5.41, 5.74) is 3.14. The second-order valence-corrected chi connectivity index (χ2v) is 12.2. The summed E-state index contributed by atoms with van der Waals surface area (Å²) in [6, 6.07) is 13.5. The minimum absolute atomic E-state index is 0.0369. The van der Waals surface area contributed by atoms with Crippen molar-refractivity contribution in [3.05, 3.63) is 78.1 Å². The van der Waals surface area contributed by atoms with Gasteiger partial charge in [-0.1, -0.05) is 12.1 Å². The van der Waals surface area contributed by atoms with Gasteiger partial charge in [0.1, 0.15) is 11.8 Å². The second-order valence-electron chi connectivity index (χ2n) is 10.3. The number of pyridine rings is 1. The van der Waals surface area contributed by atoms with Gasteiger partial charge in [-0.25, -0.2) is 18.7 Å². The van der Waals surface area contributed by atoms with Crippen LogP contribution in [0.25, 0.3) is 0 Å². The normalized spacial score (nSPS) is 15.6. The average molecular weight is 627 g/mol. The number of ether oxygens (including phenoxy) is 4. The molecule has 13 nitrogen and oxygen atoms in total. The Balaban J connectivity index is 1.29. The Morgan fingerprint density at radius 1 is 1.09 bits per heavy atom. The van der Waals surface area contributed by atoms with Crippen molar-refractivity contribution in [3.63, 3.8) is 0 Å². The quantitative estimate of drug-likeness (QED) is 0.240. The van der Waals surface area contributed by atoms with Crippen LogP contribution in [0.5, 0.6) is 17.2 Å². The number of hydroxylamine groups is 1. The molecule has 2 N–H and O–H groups in total. The highest BCUT2D eigenvalue weighted by molar-refractivity contribution is 7.89. The van der Waals surface area contributed by atoms with E-state index in [1.54, 1.807) is 17.6 Å². The minimum Gasteiger partial charge on any atom is -0.497 e. The van der Waals surface area contributed by atoms with Gasteiger partial charge in [0, 0.05) is 44.0 Å². The maximum absolute atomic E-state index is 14.0. The number of likely N-dealkylation sites (tertiary alicyclic amines) is 1. The molecule has 44 heavy (non-hydrogen) atoms. The number of sulfonamides is 1. The lowest BCUT2D eigenvalue weighted by Crippen LogP contribution is -2.55. The Morgan fingerprint density at radius 3 is 2.50 bits per heavy atom. The van der Waals surface area contributed by atoms with Crippen LogP contribution in [0.15, 0.2) is 71.9 Å². The molecule has 1 aromatic heterocycles. The standard InChI is InChI=1S/C30H34N4O9S/c1-40-24-5-7-25(8-6-24)44(38,39)34(19-21-9-14-31-15-10-21)27(29(35)32-37)22-11-16-33(17-12-22)30(36)41-18-13-23-3-2-4-26-28(23)43-20-42-26/h2-10,14-15,22,27,37H,11-13,16-20H2,1H3,(H,32,35)/t27-/m1/s1. The van der Waals surface area contributed by atoms with Crippen LogP contribution in [0.1, 0.15) is 24.0 Å². The zero-order chi connectivity index (χ0) is 31.1. The van der Waals surface area contributed by atoms with Crippen molar-refractivity contribution in [2.75, 3.05) is 33.6 Å². The van der Waals surface area contributed by atoms with Gasteiger partial charge in [0.15, 0.2) is 11.5 Å². The maximum atomic E-state index is 14.0. The zero-order valence-corrected chi connectivity index (χ0v) is 24.9. The Kier molecular flexibility index (Phi) is 9.82. The Hall–Kier alpha value is -4.40. The topological polar surface area (TPSA) is 157 Å². The molecule has 2 amide bonds. The van der Waals surface area contributed by atoms with E-state index in [-0.39, 0.29) is 37.9 Å². The molecule has 0 bridgehead atoms. The molecule has 0 radical (unpaired) electrons. The number of amides is 2. The third-order valence-electron chi connectivity index (χ3n) is 7.76. The number of aromatic nitrogens is 1. The summed E-state index contributed by atoms with van der Waals surface area (Å²) in [6.07, 6.45) is 3.61. The van der Waals surface area contributed by atoms with Crippen LogP contribution in [-0.2, 0) is 32.5 Å². The Bertz CT molecular complexity index is 1550. The van der Waals surface area contributed by atoms with Crippen molar-refractivity contribution in [1.82, 2.24) is 19.7 Å². The predicted octanol–water partition coefficient (Wildman–Crippen LogP) is 2.98. The Morgan fingerprint density at radius 2 is 1.82 bits per heavy atom. The smallest absolute Gasteiger partial charge is 0.409 e. The van der Waals surface area contributed by atoms with E-state index in [1.807, 2.05) is 18.2 Å². The van der Waals surface area contributed by atoms with Crippen LogP contribution < -0.4 is 19.7 Å². The van der Waals surface area contributed by atoms with Gasteiger partial charge in [-0.2, -0.15) is 4.31 Å². The Labute approximate surface area is 255 Å². The van der Waals surface area contributed by atoms with E-state index in [0.29, 0.717) is 42.1 Å². The number of piperidine rings is 1. The van der Waals surface area contributed by atoms with Gasteiger partial charge in [-0.05, 0) is 66.8 Å². The summed E-state index contributed by atoms with van der Waals surface area (Å²) in [4.78, 5) is 31.5. The lowest BCUT2D eigenvalue weighted by molar-refractivity contribution is -0.135. The fourth-order valence-electron chi connectivity index (χ4n) is 5.46. The molecule has 1 fully saturated rings. The number of rotatable bonds is 11. The van der Waals surface area contributed by atoms with Gasteiger partial charge in [-0.15, -0.1) is 0 Å². The number of carbonyl (C=O) groups is 2. The van der Waals surface area contributed by atoms with Crippen molar-refractivity contribution >= 4 is 22.0 Å². The summed E-state index contributed by atoms with van der Waals surface area (Å²) in [7, 11) is -2.77. The lowest BCUT2D eigenvalue weighted by atomic mass is 9.88. The fraction of sp³-hybridized carbons (Fsp3) is 0.367. The molecule has 0 aliphatic carbocycles. The van der Waals surface area contributed by atoms with E-state index >= 15 is 0 Å². The molecule has 3 heterocycles. The second kappa shape index (κ2) is 13.9. The van der Waals surface area contributed by atoms with E-state index in [0.717, 1.165) is 9.87 Å².